The number of nitrogens with one attached hydrogen (secondary N) is 2. The monoisotopic (exact) mass is 409 g/mol. The fourth-order valence-corrected chi connectivity index (χ4v) is 3.30. The van der Waals surface area contributed by atoms with Crippen LogP contribution in [-0.4, -0.2) is 29.9 Å². The lowest BCUT2D eigenvalue weighted by atomic mass is 10.1. The van der Waals surface area contributed by atoms with E-state index in [0.717, 1.165) is 28.2 Å². The number of hydrogen-bond acceptors (Lipinski definition) is 5. The Bertz CT molecular complexity index is 960. The van der Waals surface area contributed by atoms with Crippen molar-refractivity contribution in [1.29, 1.82) is 0 Å². The molecular formula is C22H23N3O3S. The van der Waals surface area contributed by atoms with Gasteiger partial charge in [0.05, 0.1) is 17.0 Å². The van der Waals surface area contributed by atoms with Gasteiger partial charge in [-0.05, 0) is 37.1 Å². The molecule has 0 saturated carbocycles. The molecule has 0 aliphatic rings. The third-order valence-corrected chi connectivity index (χ3v) is 4.97. The summed E-state index contributed by atoms with van der Waals surface area (Å²) in [6.07, 6.45) is 5.49. The number of aromatic nitrogens is 1. The Morgan fingerprint density at radius 3 is 2.66 bits per heavy atom. The summed E-state index contributed by atoms with van der Waals surface area (Å²) in [6, 6.07) is 11.7. The van der Waals surface area contributed by atoms with Crippen LogP contribution in [0.5, 0.6) is 0 Å². The van der Waals surface area contributed by atoms with Crippen molar-refractivity contribution >= 4 is 29.2 Å². The van der Waals surface area contributed by atoms with Gasteiger partial charge in [0.1, 0.15) is 5.76 Å². The maximum absolute atomic E-state index is 11.9. The van der Waals surface area contributed by atoms with E-state index in [1.54, 1.807) is 29.5 Å². The number of thiazole rings is 1. The smallest absolute Gasteiger partial charge is 0.244 e. The molecule has 150 valence electrons. The summed E-state index contributed by atoms with van der Waals surface area (Å²) in [4.78, 5) is 28.1. The van der Waals surface area contributed by atoms with Crippen molar-refractivity contribution in [2.45, 2.75) is 19.8 Å². The molecule has 0 fully saturated rings. The second-order valence-corrected chi connectivity index (χ2v) is 7.50. The van der Waals surface area contributed by atoms with Gasteiger partial charge >= 0.3 is 0 Å². The summed E-state index contributed by atoms with van der Waals surface area (Å²) in [5.74, 6) is 0.257. The Labute approximate surface area is 173 Å². The molecule has 2 aromatic heterocycles. The number of carbonyl (C=O) groups is 2. The van der Waals surface area contributed by atoms with Crippen molar-refractivity contribution in [2.24, 2.45) is 0 Å². The minimum Gasteiger partial charge on any atom is -0.465 e. The molecule has 0 unspecified atom stereocenters. The number of benzene rings is 1. The Hall–Kier alpha value is -3.19. The minimum absolute atomic E-state index is 0.0881. The number of nitrogens with zero attached hydrogens (tertiary/aromatic N) is 1. The molecule has 0 bridgehead atoms. The summed E-state index contributed by atoms with van der Waals surface area (Å²) in [6.45, 7) is 2.84. The molecule has 1 aromatic carbocycles. The molecule has 0 spiro atoms. The van der Waals surface area contributed by atoms with Gasteiger partial charge in [0.2, 0.25) is 11.8 Å². The second-order valence-electron chi connectivity index (χ2n) is 6.44. The standard InChI is InChI=1S/C22H23N3O3S/c1-16-25-20(15-29-16)18-6-4-17(5-7-18)10-12-23-22(27)11-13-24-21(26)9-8-19-3-2-14-28-19/h2-9,14-15H,10-13H2,1H3,(H,23,27)(H,24,26)/b9-8+. The lowest BCUT2D eigenvalue weighted by Crippen LogP contribution is -2.31. The molecule has 6 nitrogen and oxygen atoms in total. The number of carbonyl (C=O) groups excluding carboxylic acids is 2. The molecule has 2 heterocycles. The van der Waals surface area contributed by atoms with Crippen molar-refractivity contribution in [2.75, 3.05) is 13.1 Å². The number of rotatable bonds is 9. The predicted molar refractivity (Wildman–Crippen MR) is 114 cm³/mol. The van der Waals surface area contributed by atoms with Gasteiger partial charge in [-0.3, -0.25) is 9.59 Å². The van der Waals surface area contributed by atoms with E-state index in [-0.39, 0.29) is 24.8 Å². The summed E-state index contributed by atoms with van der Waals surface area (Å²) < 4.78 is 5.10. The van der Waals surface area contributed by atoms with E-state index in [1.165, 1.54) is 12.3 Å². The second kappa shape index (κ2) is 10.4. The van der Waals surface area contributed by atoms with E-state index in [9.17, 15) is 9.59 Å². The Balaban J connectivity index is 1.32. The maximum Gasteiger partial charge on any atom is 0.244 e. The minimum atomic E-state index is -0.260. The van der Waals surface area contributed by atoms with Crippen LogP contribution >= 0.6 is 11.3 Å². The van der Waals surface area contributed by atoms with E-state index in [1.807, 2.05) is 6.92 Å². The summed E-state index contributed by atoms with van der Waals surface area (Å²) in [5, 5.41) is 8.65. The van der Waals surface area contributed by atoms with Gasteiger partial charge in [-0.15, -0.1) is 11.3 Å². The first-order valence-electron chi connectivity index (χ1n) is 9.38. The van der Waals surface area contributed by atoms with Crippen LogP contribution in [0, 0.1) is 6.92 Å². The van der Waals surface area contributed by atoms with Crippen LogP contribution in [-0.2, 0) is 16.0 Å². The van der Waals surface area contributed by atoms with Crippen molar-refractivity contribution in [1.82, 2.24) is 15.6 Å². The molecule has 3 rings (SSSR count). The summed E-state index contributed by atoms with van der Waals surface area (Å²) in [5.41, 5.74) is 3.24. The average Bonchev–Trinajstić information content (AvgIpc) is 3.39. The van der Waals surface area contributed by atoms with E-state index in [4.69, 9.17) is 4.42 Å². The number of furan rings is 1. The molecule has 0 radical (unpaired) electrons. The zero-order valence-electron chi connectivity index (χ0n) is 16.2. The first-order chi connectivity index (χ1) is 14.1. The quantitative estimate of drug-likeness (QED) is 0.529. The first-order valence-corrected chi connectivity index (χ1v) is 10.3. The van der Waals surface area contributed by atoms with Crippen LogP contribution in [0.25, 0.3) is 17.3 Å². The van der Waals surface area contributed by atoms with Gasteiger partial charge in [0.15, 0.2) is 0 Å². The van der Waals surface area contributed by atoms with Crippen LogP contribution in [0.3, 0.4) is 0 Å². The van der Waals surface area contributed by atoms with Crippen molar-refractivity contribution in [3.05, 3.63) is 70.4 Å². The lowest BCUT2D eigenvalue weighted by Gasteiger charge is -2.06. The molecule has 29 heavy (non-hydrogen) atoms. The highest BCUT2D eigenvalue weighted by Gasteiger charge is 2.04. The Morgan fingerprint density at radius 1 is 1.14 bits per heavy atom. The normalized spacial score (nSPS) is 10.9. The van der Waals surface area contributed by atoms with Crippen molar-refractivity contribution in [3.63, 3.8) is 0 Å². The Morgan fingerprint density at radius 2 is 1.97 bits per heavy atom. The molecule has 7 heteroatoms. The predicted octanol–water partition coefficient (Wildman–Crippen LogP) is 3.59. The van der Waals surface area contributed by atoms with Gasteiger partial charge in [-0.25, -0.2) is 4.98 Å². The molecule has 0 aliphatic carbocycles. The SMILES string of the molecule is Cc1nc(-c2ccc(CCNC(=O)CCNC(=O)/C=C/c3ccco3)cc2)cs1. The van der Waals surface area contributed by atoms with Crippen LogP contribution in [0.1, 0.15) is 22.8 Å². The summed E-state index contributed by atoms with van der Waals surface area (Å²) >= 11 is 1.64. The molecule has 0 atom stereocenters. The number of aryl methyl sites for hydroxylation is 1. The zero-order valence-corrected chi connectivity index (χ0v) is 17.0. The molecule has 0 saturated heterocycles. The van der Waals surface area contributed by atoms with E-state index < -0.39 is 0 Å². The molecule has 2 amide bonds. The molecule has 3 aromatic rings. The number of hydrogen-bond donors (Lipinski definition) is 2. The third kappa shape index (κ3) is 6.73. The van der Waals surface area contributed by atoms with Crippen LogP contribution in [0.15, 0.2) is 58.5 Å². The zero-order chi connectivity index (χ0) is 20.5. The van der Waals surface area contributed by atoms with Gasteiger partial charge in [-0.1, -0.05) is 24.3 Å². The van der Waals surface area contributed by atoms with E-state index >= 15 is 0 Å². The average molecular weight is 410 g/mol. The van der Waals surface area contributed by atoms with Crippen molar-refractivity contribution in [3.8, 4) is 11.3 Å². The van der Waals surface area contributed by atoms with Gasteiger partial charge in [0, 0.05) is 36.5 Å². The fraction of sp³-hybridized carbons (Fsp3) is 0.227. The van der Waals surface area contributed by atoms with Crippen LogP contribution in [0.4, 0.5) is 0 Å². The number of amides is 2. The maximum atomic E-state index is 11.9. The molecule has 2 N–H and O–H groups in total. The third-order valence-electron chi connectivity index (χ3n) is 4.20. The molecular weight excluding hydrogens is 386 g/mol. The van der Waals surface area contributed by atoms with E-state index in [2.05, 4.69) is 45.3 Å². The highest BCUT2D eigenvalue weighted by Crippen LogP contribution is 2.21. The van der Waals surface area contributed by atoms with Gasteiger partial charge in [0.25, 0.3) is 0 Å². The molecule has 0 aliphatic heterocycles. The lowest BCUT2D eigenvalue weighted by molar-refractivity contribution is -0.121. The highest BCUT2D eigenvalue weighted by molar-refractivity contribution is 7.09. The fourth-order valence-electron chi connectivity index (χ4n) is 2.67. The largest absolute Gasteiger partial charge is 0.465 e. The highest BCUT2D eigenvalue weighted by atomic mass is 32.1. The van der Waals surface area contributed by atoms with E-state index in [0.29, 0.717) is 12.3 Å². The first kappa shape index (κ1) is 20.5. The van der Waals surface area contributed by atoms with Gasteiger partial charge < -0.3 is 15.1 Å². The van der Waals surface area contributed by atoms with Crippen LogP contribution in [0.2, 0.25) is 0 Å². The van der Waals surface area contributed by atoms with Crippen molar-refractivity contribution < 1.29 is 14.0 Å². The van der Waals surface area contributed by atoms with Crippen LogP contribution < -0.4 is 10.6 Å². The van der Waals surface area contributed by atoms with Gasteiger partial charge in [-0.2, -0.15) is 0 Å². The Kier molecular flexibility index (Phi) is 7.35. The summed E-state index contributed by atoms with van der Waals surface area (Å²) in [7, 11) is 0. The topological polar surface area (TPSA) is 84.2 Å².